The molecule has 6 nitrogen and oxygen atoms in total. The van der Waals surface area contributed by atoms with Crippen LogP contribution in [0.2, 0.25) is 0 Å². The largest absolute Gasteiger partial charge is 0.495 e. The first-order valence-electron chi connectivity index (χ1n) is 8.77. The highest BCUT2D eigenvalue weighted by molar-refractivity contribution is 8.15. The lowest BCUT2D eigenvalue weighted by Gasteiger charge is -2.31. The van der Waals surface area contributed by atoms with Crippen molar-refractivity contribution in [3.8, 4) is 5.75 Å². The Morgan fingerprint density at radius 2 is 2.00 bits per heavy atom. The van der Waals surface area contributed by atoms with Gasteiger partial charge < -0.3 is 10.1 Å². The van der Waals surface area contributed by atoms with E-state index in [1.54, 1.807) is 24.3 Å². The van der Waals surface area contributed by atoms with Gasteiger partial charge in [-0.1, -0.05) is 23.9 Å². The lowest BCUT2D eigenvalue weighted by Crippen LogP contribution is -2.45. The van der Waals surface area contributed by atoms with Gasteiger partial charge in [-0.05, 0) is 43.3 Å². The maximum Gasteiger partial charge on any atom is 0.238 e. The van der Waals surface area contributed by atoms with E-state index < -0.39 is 5.25 Å². The Kier molecular flexibility index (Phi) is 6.30. The molecule has 0 aromatic heterocycles. The summed E-state index contributed by atoms with van der Waals surface area (Å²) in [5.74, 6) is -0.302. The molecule has 0 bridgehead atoms. The number of anilines is 1. The van der Waals surface area contributed by atoms with Crippen molar-refractivity contribution < 1.29 is 18.7 Å². The summed E-state index contributed by atoms with van der Waals surface area (Å²) in [6.45, 7) is 2.28. The maximum absolute atomic E-state index is 13.1. The number of hydrogen-bond donors (Lipinski definition) is 1. The van der Waals surface area contributed by atoms with Crippen LogP contribution in [0.25, 0.3) is 0 Å². The Labute approximate surface area is 166 Å². The summed E-state index contributed by atoms with van der Waals surface area (Å²) in [6.07, 6.45) is 0.0714. The molecular weight excluding hydrogens is 381 g/mol. The zero-order valence-electron chi connectivity index (χ0n) is 15.5. The number of carbonyl (C=O) groups excluding carboxylic acids is 2. The Balaban J connectivity index is 1.81. The van der Waals surface area contributed by atoms with Crippen LogP contribution in [0.3, 0.4) is 0 Å². The van der Waals surface area contributed by atoms with Gasteiger partial charge in [-0.25, -0.2) is 9.38 Å². The molecule has 8 heteroatoms. The summed E-state index contributed by atoms with van der Waals surface area (Å²) in [7, 11) is 1.52. The van der Waals surface area contributed by atoms with Crippen molar-refractivity contribution in [2.75, 3.05) is 19.0 Å². The van der Waals surface area contributed by atoms with Crippen molar-refractivity contribution in [2.24, 2.45) is 4.99 Å². The quantitative estimate of drug-likeness (QED) is 0.827. The van der Waals surface area contributed by atoms with Crippen LogP contribution in [0.1, 0.15) is 13.3 Å². The Morgan fingerprint density at radius 3 is 2.68 bits per heavy atom. The van der Waals surface area contributed by atoms with Gasteiger partial charge in [0.25, 0.3) is 0 Å². The molecule has 0 aliphatic carbocycles. The smallest absolute Gasteiger partial charge is 0.238 e. The first kappa shape index (κ1) is 19.9. The third-order valence-corrected chi connectivity index (χ3v) is 5.35. The minimum absolute atomic E-state index is 0.0714. The second-order valence-electron chi connectivity index (χ2n) is 6.01. The van der Waals surface area contributed by atoms with Crippen molar-refractivity contribution in [3.63, 3.8) is 0 Å². The number of halogens is 1. The Hall–Kier alpha value is -2.87. The summed E-state index contributed by atoms with van der Waals surface area (Å²) >= 11 is 1.22. The van der Waals surface area contributed by atoms with Gasteiger partial charge in [0.2, 0.25) is 11.8 Å². The molecule has 0 radical (unpaired) electrons. The first-order chi connectivity index (χ1) is 13.5. The second kappa shape index (κ2) is 8.88. The summed E-state index contributed by atoms with van der Waals surface area (Å²) < 4.78 is 18.4. The standard InChI is InChI=1S/C20H20FN3O3S/c1-3-24-18(25)12-17(19(26)23-15-6-4-5-7-16(15)27-2)28-20(24)22-14-10-8-13(21)9-11-14/h4-11,17H,3,12H2,1-2H3,(H,23,26). The third kappa shape index (κ3) is 4.51. The zero-order chi connectivity index (χ0) is 20.1. The number of amidine groups is 1. The SMILES string of the molecule is CCN1C(=O)CC(C(=O)Nc2ccccc2OC)SC1=Nc1ccc(F)cc1. The molecule has 1 heterocycles. The number of hydrogen-bond acceptors (Lipinski definition) is 5. The van der Waals surface area contributed by atoms with Gasteiger partial charge in [0, 0.05) is 13.0 Å². The van der Waals surface area contributed by atoms with Crippen LogP contribution >= 0.6 is 11.8 Å². The van der Waals surface area contributed by atoms with E-state index in [9.17, 15) is 14.0 Å². The minimum atomic E-state index is -0.626. The van der Waals surface area contributed by atoms with E-state index in [1.807, 2.05) is 6.92 Å². The van der Waals surface area contributed by atoms with Gasteiger partial charge in [0.05, 0.1) is 18.5 Å². The first-order valence-corrected chi connectivity index (χ1v) is 9.65. The van der Waals surface area contributed by atoms with E-state index in [0.717, 1.165) is 0 Å². The van der Waals surface area contributed by atoms with Crippen LogP contribution in [0, 0.1) is 5.82 Å². The fourth-order valence-electron chi connectivity index (χ4n) is 2.74. The van der Waals surface area contributed by atoms with Crippen LogP contribution in [0.4, 0.5) is 15.8 Å². The maximum atomic E-state index is 13.1. The van der Waals surface area contributed by atoms with Crippen LogP contribution in [-0.2, 0) is 9.59 Å². The molecule has 1 N–H and O–H groups in total. The number of ether oxygens (including phenoxy) is 1. The number of nitrogens with one attached hydrogen (secondary N) is 1. The predicted molar refractivity (Wildman–Crippen MR) is 109 cm³/mol. The number of aliphatic imine (C=N–C) groups is 1. The van der Waals surface area contributed by atoms with E-state index >= 15 is 0 Å². The van der Waals surface area contributed by atoms with Crippen LogP contribution in [0.5, 0.6) is 5.75 Å². The predicted octanol–water partition coefficient (Wildman–Crippen LogP) is 3.81. The average molecular weight is 401 g/mol. The highest BCUT2D eigenvalue weighted by atomic mass is 32.2. The number of benzene rings is 2. The van der Waals surface area contributed by atoms with E-state index in [2.05, 4.69) is 10.3 Å². The van der Waals surface area contributed by atoms with Crippen molar-refractivity contribution >= 4 is 40.1 Å². The molecule has 146 valence electrons. The van der Waals surface area contributed by atoms with Gasteiger partial charge in [-0.15, -0.1) is 0 Å². The molecule has 1 saturated heterocycles. The molecule has 28 heavy (non-hydrogen) atoms. The summed E-state index contributed by atoms with van der Waals surface area (Å²) in [5, 5.41) is 2.61. The molecule has 1 aliphatic heterocycles. The summed E-state index contributed by atoms with van der Waals surface area (Å²) in [4.78, 5) is 31.3. The fourth-order valence-corrected chi connectivity index (χ4v) is 3.90. The van der Waals surface area contributed by atoms with Crippen LogP contribution in [0.15, 0.2) is 53.5 Å². The lowest BCUT2D eigenvalue weighted by atomic mass is 10.2. The summed E-state index contributed by atoms with van der Waals surface area (Å²) in [6, 6.07) is 12.7. The lowest BCUT2D eigenvalue weighted by molar-refractivity contribution is -0.129. The Bertz CT molecular complexity index is 902. The van der Waals surface area contributed by atoms with Gasteiger partial charge in [-0.2, -0.15) is 0 Å². The molecule has 2 amide bonds. The van der Waals surface area contributed by atoms with Crippen LogP contribution < -0.4 is 10.1 Å². The number of para-hydroxylation sites is 2. The monoisotopic (exact) mass is 401 g/mol. The Morgan fingerprint density at radius 1 is 1.29 bits per heavy atom. The van der Waals surface area contributed by atoms with E-state index in [4.69, 9.17) is 4.74 Å². The third-order valence-electron chi connectivity index (χ3n) is 4.16. The van der Waals surface area contributed by atoms with Gasteiger partial charge in [0.1, 0.15) is 16.8 Å². The molecular formula is C20H20FN3O3S. The molecule has 2 aromatic carbocycles. The average Bonchev–Trinajstić information content (AvgIpc) is 2.70. The van der Waals surface area contributed by atoms with Crippen molar-refractivity contribution in [2.45, 2.75) is 18.6 Å². The normalized spacial score (nSPS) is 18.2. The molecule has 1 atom stereocenters. The number of nitrogens with zero attached hydrogens (tertiary/aromatic N) is 2. The molecule has 0 saturated carbocycles. The van der Waals surface area contributed by atoms with Crippen molar-refractivity contribution in [3.05, 3.63) is 54.3 Å². The number of amides is 2. The number of thioether (sulfide) groups is 1. The molecule has 1 aliphatic rings. The van der Waals surface area contributed by atoms with Crippen LogP contribution in [-0.4, -0.2) is 40.8 Å². The van der Waals surface area contributed by atoms with E-state index in [0.29, 0.717) is 28.8 Å². The van der Waals surface area contributed by atoms with E-state index in [1.165, 1.54) is 48.0 Å². The second-order valence-corrected chi connectivity index (χ2v) is 7.18. The minimum Gasteiger partial charge on any atom is -0.495 e. The van der Waals surface area contributed by atoms with Gasteiger partial charge in [-0.3, -0.25) is 14.5 Å². The number of methoxy groups -OCH3 is 1. The highest BCUT2D eigenvalue weighted by Crippen LogP contribution is 2.31. The highest BCUT2D eigenvalue weighted by Gasteiger charge is 2.35. The zero-order valence-corrected chi connectivity index (χ0v) is 16.3. The van der Waals surface area contributed by atoms with E-state index in [-0.39, 0.29) is 24.1 Å². The van der Waals surface area contributed by atoms with Gasteiger partial charge in [0.15, 0.2) is 5.17 Å². The number of carbonyl (C=O) groups is 2. The molecule has 3 rings (SSSR count). The summed E-state index contributed by atoms with van der Waals surface area (Å²) in [5.41, 5.74) is 1.05. The topological polar surface area (TPSA) is 71.0 Å². The van der Waals surface area contributed by atoms with Gasteiger partial charge >= 0.3 is 0 Å². The van der Waals surface area contributed by atoms with Crippen molar-refractivity contribution in [1.29, 1.82) is 0 Å². The molecule has 2 aromatic rings. The number of rotatable bonds is 5. The molecule has 0 spiro atoms. The van der Waals surface area contributed by atoms with Crippen molar-refractivity contribution in [1.82, 2.24) is 4.90 Å². The fraction of sp³-hybridized carbons (Fsp3) is 0.250. The molecule has 1 unspecified atom stereocenters. The molecule has 1 fully saturated rings.